The van der Waals surface area contributed by atoms with E-state index < -0.39 is 0 Å². The molecule has 27 heavy (non-hydrogen) atoms. The fraction of sp³-hybridized carbons (Fsp3) is 0.474. The Morgan fingerprint density at radius 1 is 1.22 bits per heavy atom. The predicted molar refractivity (Wildman–Crippen MR) is 121 cm³/mol. The second-order valence-electron chi connectivity index (χ2n) is 6.25. The van der Waals surface area contributed by atoms with Crippen molar-refractivity contribution < 1.29 is 9.47 Å². The normalized spacial score (nSPS) is 13.5. The molecular weight excluding hydrogens is 475 g/mol. The van der Waals surface area contributed by atoms with Gasteiger partial charge in [-0.25, -0.2) is 9.98 Å². The highest BCUT2D eigenvalue weighted by atomic mass is 127. The molecule has 8 heteroatoms. The van der Waals surface area contributed by atoms with E-state index in [0.717, 1.165) is 24.9 Å². The molecule has 1 aromatic heterocycles. The molecule has 0 amide bonds. The number of nitrogens with two attached hydrogens (primary N) is 1. The molecule has 0 saturated carbocycles. The van der Waals surface area contributed by atoms with E-state index in [-0.39, 0.29) is 24.0 Å². The van der Waals surface area contributed by atoms with E-state index in [4.69, 9.17) is 20.2 Å². The van der Waals surface area contributed by atoms with Crippen molar-refractivity contribution in [2.24, 2.45) is 10.7 Å². The topological polar surface area (TPSA) is 81.8 Å². The van der Waals surface area contributed by atoms with Gasteiger partial charge in [0.05, 0.1) is 31.5 Å². The van der Waals surface area contributed by atoms with Crippen molar-refractivity contribution in [1.29, 1.82) is 0 Å². The number of benzene rings is 1. The smallest absolute Gasteiger partial charge is 0.188 e. The minimum atomic E-state index is 0. The summed E-state index contributed by atoms with van der Waals surface area (Å²) >= 11 is 1.85. The quantitative estimate of drug-likeness (QED) is 0.345. The number of nitrogens with zero attached hydrogens (tertiary/aromatic N) is 2. The lowest BCUT2D eigenvalue weighted by Gasteiger charge is -2.09. The summed E-state index contributed by atoms with van der Waals surface area (Å²) in [5, 5.41) is 4.36. The number of aryl methyl sites for hydroxylation is 2. The van der Waals surface area contributed by atoms with Crippen LogP contribution in [0, 0.1) is 0 Å². The highest BCUT2D eigenvalue weighted by molar-refractivity contribution is 14.0. The number of fused-ring (bicyclic) bond motifs is 1. The molecule has 0 spiro atoms. The fourth-order valence-electron chi connectivity index (χ4n) is 3.02. The number of guanidine groups is 1. The third kappa shape index (κ3) is 5.97. The van der Waals surface area contributed by atoms with Crippen molar-refractivity contribution in [3.05, 3.63) is 39.3 Å². The third-order valence-electron chi connectivity index (χ3n) is 4.41. The molecule has 148 valence electrons. The first-order chi connectivity index (χ1) is 12.7. The Morgan fingerprint density at radius 2 is 2.00 bits per heavy atom. The molecule has 6 nitrogen and oxygen atoms in total. The second kappa shape index (κ2) is 10.7. The number of hydrogen-bond acceptors (Lipinski definition) is 5. The molecule has 0 saturated heterocycles. The van der Waals surface area contributed by atoms with Gasteiger partial charge in [0.15, 0.2) is 17.5 Å². The largest absolute Gasteiger partial charge is 0.493 e. The minimum absolute atomic E-state index is 0. The Bertz CT molecular complexity index is 756. The molecule has 2 aromatic rings. The van der Waals surface area contributed by atoms with Crippen LogP contribution in [0.3, 0.4) is 0 Å². The average Bonchev–Trinajstić information content (AvgIpc) is 3.08. The summed E-state index contributed by atoms with van der Waals surface area (Å²) in [6.45, 7) is 1.23. The zero-order valence-corrected chi connectivity index (χ0v) is 18.9. The summed E-state index contributed by atoms with van der Waals surface area (Å²) in [4.78, 5) is 10.6. The van der Waals surface area contributed by atoms with Crippen LogP contribution in [0.4, 0.5) is 0 Å². The first kappa shape index (κ1) is 21.7. The number of halogens is 1. The Balaban J connectivity index is 0.00000261. The van der Waals surface area contributed by atoms with Gasteiger partial charge in [-0.3, -0.25) is 0 Å². The molecule has 1 heterocycles. The third-order valence-corrected chi connectivity index (χ3v) is 5.63. The van der Waals surface area contributed by atoms with Crippen LogP contribution in [0.25, 0.3) is 0 Å². The molecule has 0 fully saturated rings. The standard InChI is InChI=1S/C19H26N4O2S.HI/c1-24-15-8-7-13(11-16(15)25-2)12-22-19(20)21-10-9-18-23-14-5-3-4-6-17(14)26-18;/h7-8,11H,3-6,9-10,12H2,1-2H3,(H3,20,21,22);1H. The minimum Gasteiger partial charge on any atom is -0.493 e. The van der Waals surface area contributed by atoms with Gasteiger partial charge in [0.2, 0.25) is 0 Å². The van der Waals surface area contributed by atoms with Gasteiger partial charge in [0.25, 0.3) is 0 Å². The van der Waals surface area contributed by atoms with Gasteiger partial charge in [-0.2, -0.15) is 0 Å². The number of hydrogen-bond donors (Lipinski definition) is 2. The maximum Gasteiger partial charge on any atom is 0.188 e. The molecule has 0 bridgehead atoms. The van der Waals surface area contributed by atoms with Gasteiger partial charge in [-0.05, 0) is 43.4 Å². The van der Waals surface area contributed by atoms with Gasteiger partial charge in [-0.15, -0.1) is 35.3 Å². The van der Waals surface area contributed by atoms with Crippen LogP contribution in [0.2, 0.25) is 0 Å². The number of nitrogens with one attached hydrogen (secondary N) is 1. The van der Waals surface area contributed by atoms with Crippen molar-refractivity contribution >= 4 is 41.3 Å². The Hall–Kier alpha value is -1.55. The molecule has 0 atom stereocenters. The molecule has 1 aliphatic rings. The van der Waals surface area contributed by atoms with Crippen molar-refractivity contribution in [2.45, 2.75) is 38.6 Å². The first-order valence-electron chi connectivity index (χ1n) is 8.91. The van der Waals surface area contributed by atoms with Crippen LogP contribution in [-0.2, 0) is 25.8 Å². The van der Waals surface area contributed by atoms with Gasteiger partial charge >= 0.3 is 0 Å². The fourth-order valence-corrected chi connectivity index (χ4v) is 4.18. The summed E-state index contributed by atoms with van der Waals surface area (Å²) in [6, 6.07) is 5.74. The van der Waals surface area contributed by atoms with E-state index in [9.17, 15) is 0 Å². The van der Waals surface area contributed by atoms with Crippen LogP contribution in [-0.4, -0.2) is 31.7 Å². The maximum atomic E-state index is 5.98. The van der Waals surface area contributed by atoms with Crippen LogP contribution in [0.5, 0.6) is 11.5 Å². The van der Waals surface area contributed by atoms with Crippen molar-refractivity contribution in [1.82, 2.24) is 10.3 Å². The molecule has 1 aromatic carbocycles. The van der Waals surface area contributed by atoms with Crippen LogP contribution in [0.15, 0.2) is 23.2 Å². The van der Waals surface area contributed by atoms with Gasteiger partial charge < -0.3 is 20.5 Å². The molecule has 1 aliphatic carbocycles. The van der Waals surface area contributed by atoms with E-state index in [1.807, 2.05) is 29.5 Å². The highest BCUT2D eigenvalue weighted by Gasteiger charge is 2.14. The summed E-state index contributed by atoms with van der Waals surface area (Å²) in [5.74, 6) is 1.85. The molecule has 0 aliphatic heterocycles. The van der Waals surface area contributed by atoms with Gasteiger partial charge in [0.1, 0.15) is 0 Å². The maximum absolute atomic E-state index is 5.98. The number of aliphatic imine (C=N–C) groups is 1. The van der Waals surface area contributed by atoms with E-state index in [1.165, 1.54) is 34.8 Å². The van der Waals surface area contributed by atoms with E-state index in [0.29, 0.717) is 24.0 Å². The highest BCUT2D eigenvalue weighted by Crippen LogP contribution is 2.28. The number of methoxy groups -OCH3 is 2. The van der Waals surface area contributed by atoms with Crippen LogP contribution in [0.1, 0.15) is 34.0 Å². The second-order valence-corrected chi connectivity index (χ2v) is 7.42. The number of ether oxygens (including phenoxy) is 2. The monoisotopic (exact) mass is 502 g/mol. The zero-order valence-electron chi connectivity index (χ0n) is 15.8. The van der Waals surface area contributed by atoms with E-state index in [2.05, 4.69) is 10.3 Å². The van der Waals surface area contributed by atoms with Crippen molar-refractivity contribution in [3.8, 4) is 11.5 Å². The number of thiazole rings is 1. The molecule has 3 rings (SSSR count). The molecule has 3 N–H and O–H groups in total. The van der Waals surface area contributed by atoms with Crippen LogP contribution < -0.4 is 20.5 Å². The lowest BCUT2D eigenvalue weighted by molar-refractivity contribution is 0.354. The summed E-state index contributed by atoms with van der Waals surface area (Å²) in [7, 11) is 3.24. The van der Waals surface area contributed by atoms with Gasteiger partial charge in [0, 0.05) is 17.8 Å². The lowest BCUT2D eigenvalue weighted by Crippen LogP contribution is -2.33. The van der Waals surface area contributed by atoms with Crippen LogP contribution >= 0.6 is 35.3 Å². The van der Waals surface area contributed by atoms with E-state index >= 15 is 0 Å². The SMILES string of the molecule is COc1ccc(CN=C(N)NCCc2nc3c(s2)CCCC3)cc1OC.I. The summed E-state index contributed by atoms with van der Waals surface area (Å²) < 4.78 is 10.5. The molecule has 0 radical (unpaired) electrons. The average molecular weight is 502 g/mol. The first-order valence-corrected chi connectivity index (χ1v) is 9.73. The van der Waals surface area contributed by atoms with E-state index in [1.54, 1.807) is 14.2 Å². The predicted octanol–water partition coefficient (Wildman–Crippen LogP) is 3.30. The molecule has 0 unspecified atom stereocenters. The number of rotatable bonds is 7. The lowest BCUT2D eigenvalue weighted by atomic mass is 10.0. The van der Waals surface area contributed by atoms with Crippen molar-refractivity contribution in [3.63, 3.8) is 0 Å². The Kier molecular flexibility index (Phi) is 8.62. The summed E-state index contributed by atoms with van der Waals surface area (Å²) in [6.07, 6.45) is 5.76. The summed E-state index contributed by atoms with van der Waals surface area (Å²) in [5.41, 5.74) is 8.30. The molecular formula is C19H27IN4O2S. The van der Waals surface area contributed by atoms with Crippen molar-refractivity contribution in [2.75, 3.05) is 20.8 Å². The Labute approximate surface area is 181 Å². The zero-order chi connectivity index (χ0) is 18.4. The Morgan fingerprint density at radius 3 is 2.74 bits per heavy atom. The van der Waals surface area contributed by atoms with Gasteiger partial charge in [-0.1, -0.05) is 6.07 Å². The number of aromatic nitrogens is 1.